The van der Waals surface area contributed by atoms with Crippen molar-refractivity contribution in [1.82, 2.24) is 10.2 Å². The second-order valence-corrected chi connectivity index (χ2v) is 7.08. The molecule has 0 atom stereocenters. The normalized spacial score (nSPS) is 16.3. The summed E-state index contributed by atoms with van der Waals surface area (Å²) in [6.07, 6.45) is 2.78. The predicted octanol–water partition coefficient (Wildman–Crippen LogP) is 3.69. The summed E-state index contributed by atoms with van der Waals surface area (Å²) in [4.78, 5) is 39.1. The molecular formula is C20H28N2O3. The lowest BCUT2D eigenvalue weighted by atomic mass is 9.88. The maximum Gasteiger partial charge on any atom is 0.325 e. The second-order valence-electron chi connectivity index (χ2n) is 7.08. The van der Waals surface area contributed by atoms with Gasteiger partial charge >= 0.3 is 6.03 Å². The summed E-state index contributed by atoms with van der Waals surface area (Å²) in [5.74, 6) is -0.469. The number of benzene rings is 1. The average Bonchev–Trinajstić information content (AvgIpc) is 2.76. The van der Waals surface area contributed by atoms with Gasteiger partial charge < -0.3 is 5.32 Å². The monoisotopic (exact) mass is 344 g/mol. The number of carbonyl (C=O) groups excluding carboxylic acids is 3. The Kier molecular flexibility index (Phi) is 5.65. The number of imide groups is 1. The van der Waals surface area contributed by atoms with Crippen LogP contribution in [0.15, 0.2) is 12.1 Å². The second kappa shape index (κ2) is 7.38. The zero-order valence-corrected chi connectivity index (χ0v) is 15.9. The Morgan fingerprint density at radius 1 is 1.00 bits per heavy atom. The van der Waals surface area contributed by atoms with Crippen LogP contribution in [0, 0.1) is 20.8 Å². The predicted molar refractivity (Wildman–Crippen MR) is 97.8 cm³/mol. The largest absolute Gasteiger partial charge is 0.325 e. The molecule has 0 radical (unpaired) electrons. The lowest BCUT2D eigenvalue weighted by Gasteiger charge is -2.25. The Balaban J connectivity index is 2.25. The molecule has 0 saturated carbocycles. The fraction of sp³-hybridized carbons (Fsp3) is 0.550. The van der Waals surface area contributed by atoms with E-state index < -0.39 is 11.6 Å². The van der Waals surface area contributed by atoms with Crippen LogP contribution in [0.4, 0.5) is 4.79 Å². The molecule has 0 bridgehead atoms. The van der Waals surface area contributed by atoms with E-state index in [9.17, 15) is 14.4 Å². The Bertz CT molecular complexity index is 703. The van der Waals surface area contributed by atoms with Crippen molar-refractivity contribution >= 4 is 17.7 Å². The molecule has 3 amide bonds. The van der Waals surface area contributed by atoms with Crippen molar-refractivity contribution in [2.24, 2.45) is 0 Å². The van der Waals surface area contributed by atoms with E-state index in [1.807, 2.05) is 46.8 Å². The molecule has 0 unspecified atom stereocenters. The first-order valence-electron chi connectivity index (χ1n) is 9.01. The van der Waals surface area contributed by atoms with Crippen molar-refractivity contribution in [1.29, 1.82) is 0 Å². The van der Waals surface area contributed by atoms with Gasteiger partial charge in [0, 0.05) is 5.56 Å². The quantitative estimate of drug-likeness (QED) is 0.606. The summed E-state index contributed by atoms with van der Waals surface area (Å²) >= 11 is 0. The molecule has 0 aliphatic carbocycles. The first-order chi connectivity index (χ1) is 11.8. The molecule has 25 heavy (non-hydrogen) atoms. The highest BCUT2D eigenvalue weighted by Crippen LogP contribution is 2.28. The van der Waals surface area contributed by atoms with Crippen LogP contribution in [-0.4, -0.2) is 34.7 Å². The van der Waals surface area contributed by atoms with Crippen molar-refractivity contribution < 1.29 is 14.4 Å². The minimum Gasteiger partial charge on any atom is -0.323 e. The molecule has 1 saturated heterocycles. The van der Waals surface area contributed by atoms with Crippen molar-refractivity contribution in [3.63, 3.8) is 0 Å². The van der Waals surface area contributed by atoms with Gasteiger partial charge in [-0.1, -0.05) is 32.8 Å². The highest BCUT2D eigenvalue weighted by molar-refractivity contribution is 6.11. The van der Waals surface area contributed by atoms with Crippen LogP contribution in [0.25, 0.3) is 0 Å². The van der Waals surface area contributed by atoms with Gasteiger partial charge in [0.05, 0.1) is 6.54 Å². The molecule has 1 fully saturated rings. The van der Waals surface area contributed by atoms with Crippen molar-refractivity contribution in [2.75, 3.05) is 6.54 Å². The Hall–Kier alpha value is -2.17. The number of amides is 3. The molecule has 2 rings (SSSR count). The number of carbonyl (C=O) groups is 3. The molecule has 1 aliphatic heterocycles. The Labute approximate surface area is 149 Å². The number of ketones is 1. The highest BCUT2D eigenvalue weighted by atomic mass is 16.2. The van der Waals surface area contributed by atoms with Gasteiger partial charge in [0.1, 0.15) is 5.54 Å². The third-order valence-electron chi connectivity index (χ3n) is 5.04. The lowest BCUT2D eigenvalue weighted by molar-refractivity contribution is -0.131. The van der Waals surface area contributed by atoms with Gasteiger partial charge in [0.2, 0.25) is 0 Å². The summed E-state index contributed by atoms with van der Waals surface area (Å²) in [6, 6.07) is 3.35. The van der Waals surface area contributed by atoms with E-state index in [0.717, 1.165) is 34.4 Å². The Morgan fingerprint density at radius 2 is 1.56 bits per heavy atom. The number of nitrogens with zero attached hydrogens (tertiary/aromatic N) is 1. The van der Waals surface area contributed by atoms with Crippen LogP contribution in [0.3, 0.4) is 0 Å². The van der Waals surface area contributed by atoms with Gasteiger partial charge in [-0.05, 0) is 56.4 Å². The van der Waals surface area contributed by atoms with Crippen LogP contribution in [0.2, 0.25) is 0 Å². The average molecular weight is 344 g/mol. The molecule has 1 aliphatic rings. The number of aryl methyl sites for hydroxylation is 3. The van der Waals surface area contributed by atoms with Crippen LogP contribution in [0.5, 0.6) is 0 Å². The van der Waals surface area contributed by atoms with E-state index >= 15 is 0 Å². The summed E-state index contributed by atoms with van der Waals surface area (Å²) in [6.45, 7) is 9.60. The molecule has 0 spiro atoms. The summed E-state index contributed by atoms with van der Waals surface area (Å²) in [5.41, 5.74) is 2.74. The van der Waals surface area contributed by atoms with E-state index in [1.165, 1.54) is 0 Å². The Morgan fingerprint density at radius 3 is 2.12 bits per heavy atom. The summed E-state index contributed by atoms with van der Waals surface area (Å²) in [7, 11) is 0. The first-order valence-corrected chi connectivity index (χ1v) is 9.01. The smallest absolute Gasteiger partial charge is 0.323 e. The minimum atomic E-state index is -0.848. The molecule has 136 valence electrons. The minimum absolute atomic E-state index is 0.201. The van der Waals surface area contributed by atoms with Gasteiger partial charge in [-0.2, -0.15) is 0 Å². The SMILES string of the molecule is CCCC1(CCC)NC(=O)N(CC(=O)c2cc(C)c(C)cc2C)C1=O. The van der Waals surface area contributed by atoms with E-state index in [2.05, 4.69) is 5.32 Å². The fourth-order valence-electron chi connectivity index (χ4n) is 3.63. The topological polar surface area (TPSA) is 66.5 Å². The molecule has 0 aromatic heterocycles. The third-order valence-corrected chi connectivity index (χ3v) is 5.04. The zero-order chi connectivity index (χ0) is 18.8. The zero-order valence-electron chi connectivity index (χ0n) is 15.9. The number of hydrogen-bond donors (Lipinski definition) is 1. The number of hydrogen-bond acceptors (Lipinski definition) is 3. The number of nitrogens with one attached hydrogen (secondary N) is 1. The van der Waals surface area contributed by atoms with E-state index in [0.29, 0.717) is 18.4 Å². The summed E-state index contributed by atoms with van der Waals surface area (Å²) in [5, 5.41) is 2.85. The van der Waals surface area contributed by atoms with Crippen LogP contribution >= 0.6 is 0 Å². The maximum absolute atomic E-state index is 12.9. The molecule has 1 heterocycles. The van der Waals surface area contributed by atoms with Crippen LogP contribution in [0.1, 0.15) is 66.6 Å². The molecule has 1 N–H and O–H groups in total. The van der Waals surface area contributed by atoms with Crippen molar-refractivity contribution in [2.45, 2.75) is 65.8 Å². The van der Waals surface area contributed by atoms with Gasteiger partial charge in [0.25, 0.3) is 5.91 Å². The van der Waals surface area contributed by atoms with Crippen molar-refractivity contribution in [3.05, 3.63) is 34.4 Å². The van der Waals surface area contributed by atoms with E-state index in [4.69, 9.17) is 0 Å². The number of rotatable bonds is 7. The molecule has 5 nitrogen and oxygen atoms in total. The third kappa shape index (κ3) is 3.60. The van der Waals surface area contributed by atoms with Crippen LogP contribution in [-0.2, 0) is 4.79 Å². The van der Waals surface area contributed by atoms with Crippen LogP contribution < -0.4 is 5.32 Å². The molecule has 1 aromatic rings. The fourth-order valence-corrected chi connectivity index (χ4v) is 3.63. The van der Waals surface area contributed by atoms with Gasteiger partial charge in [-0.25, -0.2) is 4.79 Å². The van der Waals surface area contributed by atoms with E-state index in [1.54, 1.807) is 0 Å². The summed E-state index contributed by atoms with van der Waals surface area (Å²) < 4.78 is 0. The van der Waals surface area contributed by atoms with Crippen molar-refractivity contribution in [3.8, 4) is 0 Å². The maximum atomic E-state index is 12.9. The highest BCUT2D eigenvalue weighted by Gasteiger charge is 2.50. The number of Topliss-reactive ketones (excluding diaryl/α,β-unsaturated/α-hetero) is 1. The lowest BCUT2D eigenvalue weighted by Crippen LogP contribution is -2.47. The molecule has 5 heteroatoms. The first kappa shape index (κ1) is 19.2. The molecule has 1 aromatic carbocycles. The van der Waals surface area contributed by atoms with Gasteiger partial charge in [0.15, 0.2) is 5.78 Å². The standard InChI is InChI=1S/C20H28N2O3/c1-6-8-20(9-7-2)18(24)22(19(25)21-20)12-17(23)16-11-14(4)13(3)10-15(16)5/h10-11H,6-9,12H2,1-5H3,(H,21,25). The molecular weight excluding hydrogens is 316 g/mol. The van der Waals surface area contributed by atoms with Gasteiger partial charge in [-0.15, -0.1) is 0 Å². The number of urea groups is 1. The van der Waals surface area contributed by atoms with E-state index in [-0.39, 0.29) is 18.2 Å². The van der Waals surface area contributed by atoms with Gasteiger partial charge in [-0.3, -0.25) is 14.5 Å².